The molecule has 320 valence electrons. The fraction of sp³-hybridized carbons (Fsp3) is 0.918. The maximum atomic E-state index is 12.2. The zero-order valence-corrected chi connectivity index (χ0v) is 36.5. The molecule has 0 aromatic rings. The van der Waals surface area contributed by atoms with Crippen LogP contribution >= 0.6 is 0 Å². The average Bonchev–Trinajstić information content (AvgIpc) is 3.17. The zero-order valence-electron chi connectivity index (χ0n) is 36.5. The van der Waals surface area contributed by atoms with Gasteiger partial charge in [-0.2, -0.15) is 0 Å². The molecule has 5 heteroatoms. The van der Waals surface area contributed by atoms with Gasteiger partial charge in [-0.1, -0.05) is 231 Å². The molecule has 0 fully saturated rings. The molecular weight excluding hydrogens is 669 g/mol. The van der Waals surface area contributed by atoms with Crippen molar-refractivity contribution in [3.05, 3.63) is 12.2 Å². The molecular formula is C49H94O5. The molecule has 0 saturated heterocycles. The van der Waals surface area contributed by atoms with Crippen LogP contribution in [0, 0.1) is 0 Å². The molecule has 0 amide bonds. The van der Waals surface area contributed by atoms with E-state index < -0.39 is 6.10 Å². The van der Waals surface area contributed by atoms with Crippen molar-refractivity contribution in [1.29, 1.82) is 0 Å². The summed E-state index contributed by atoms with van der Waals surface area (Å²) in [6.07, 6.45) is 54.4. The van der Waals surface area contributed by atoms with Crippen molar-refractivity contribution in [2.45, 2.75) is 277 Å². The second kappa shape index (κ2) is 46.0. The monoisotopic (exact) mass is 763 g/mol. The molecule has 1 atom stereocenters. The highest BCUT2D eigenvalue weighted by molar-refractivity contribution is 5.70. The van der Waals surface area contributed by atoms with Crippen molar-refractivity contribution in [2.24, 2.45) is 0 Å². The number of rotatable bonds is 45. The topological polar surface area (TPSA) is 72.8 Å². The van der Waals surface area contributed by atoms with E-state index in [0.717, 1.165) is 32.1 Å². The highest BCUT2D eigenvalue weighted by atomic mass is 16.6. The normalized spacial score (nSPS) is 12.1. The molecule has 0 aromatic carbocycles. The summed E-state index contributed by atoms with van der Waals surface area (Å²) in [5, 5.41) is 9.60. The Labute approximate surface area is 337 Å². The number of aliphatic hydroxyl groups excluding tert-OH is 1. The number of hydrogen-bond acceptors (Lipinski definition) is 5. The summed E-state index contributed by atoms with van der Waals surface area (Å²) in [7, 11) is 0. The first-order chi connectivity index (χ1) is 26.6. The first kappa shape index (κ1) is 52.6. The number of allylic oxidation sites excluding steroid dienone is 2. The summed E-state index contributed by atoms with van der Waals surface area (Å²) < 4.78 is 10.7. The van der Waals surface area contributed by atoms with Gasteiger partial charge in [0.25, 0.3) is 0 Å². The van der Waals surface area contributed by atoms with E-state index in [1.807, 2.05) is 0 Å². The highest BCUT2D eigenvalue weighted by Gasteiger charge is 2.16. The number of hydrogen-bond donors (Lipinski definition) is 1. The Kier molecular flexibility index (Phi) is 44.9. The van der Waals surface area contributed by atoms with Crippen molar-refractivity contribution in [3.8, 4) is 0 Å². The van der Waals surface area contributed by atoms with Gasteiger partial charge in [0.15, 0.2) is 6.10 Å². The van der Waals surface area contributed by atoms with E-state index in [1.54, 1.807) is 0 Å². The molecule has 0 aliphatic heterocycles. The first-order valence-corrected chi connectivity index (χ1v) is 24.2. The van der Waals surface area contributed by atoms with Gasteiger partial charge in [-0.15, -0.1) is 0 Å². The van der Waals surface area contributed by atoms with Gasteiger partial charge in [0.05, 0.1) is 6.61 Å². The number of esters is 2. The van der Waals surface area contributed by atoms with Crippen molar-refractivity contribution in [2.75, 3.05) is 13.2 Å². The molecule has 54 heavy (non-hydrogen) atoms. The largest absolute Gasteiger partial charge is 0.462 e. The molecule has 1 unspecified atom stereocenters. The average molecular weight is 763 g/mol. The van der Waals surface area contributed by atoms with E-state index in [2.05, 4.69) is 26.0 Å². The number of carbonyl (C=O) groups excluding carboxylic acids is 2. The lowest BCUT2D eigenvalue weighted by atomic mass is 10.0. The van der Waals surface area contributed by atoms with Gasteiger partial charge in [0.2, 0.25) is 0 Å². The van der Waals surface area contributed by atoms with E-state index in [9.17, 15) is 14.7 Å². The molecule has 0 aliphatic carbocycles. The van der Waals surface area contributed by atoms with Crippen LogP contribution in [0.1, 0.15) is 271 Å². The predicted octanol–water partition coefficient (Wildman–Crippen LogP) is 15.6. The Morgan fingerprint density at radius 2 is 0.685 bits per heavy atom. The summed E-state index contributed by atoms with van der Waals surface area (Å²) in [5.41, 5.74) is 0. The predicted molar refractivity (Wildman–Crippen MR) is 233 cm³/mol. The lowest BCUT2D eigenvalue weighted by molar-refractivity contribution is -0.161. The van der Waals surface area contributed by atoms with Gasteiger partial charge in [-0.05, 0) is 38.5 Å². The van der Waals surface area contributed by atoms with E-state index in [4.69, 9.17) is 9.47 Å². The molecule has 0 heterocycles. The standard InChI is InChI=1S/C49H94O5/c1-3-5-7-9-11-13-15-17-19-21-22-23-24-25-26-28-29-31-33-35-37-39-41-43-48(51)53-46-47(45-50)54-49(52)44-42-40-38-36-34-32-30-27-20-18-16-14-12-10-8-6-4-2/h18,20,47,50H,3-17,19,21-46H2,1-2H3/b20-18-. The maximum Gasteiger partial charge on any atom is 0.306 e. The van der Waals surface area contributed by atoms with Gasteiger partial charge in [0.1, 0.15) is 6.61 Å². The van der Waals surface area contributed by atoms with Crippen LogP contribution in [0.4, 0.5) is 0 Å². The molecule has 0 rings (SSSR count). The van der Waals surface area contributed by atoms with Crippen LogP contribution in [-0.2, 0) is 19.1 Å². The Balaban J connectivity index is 3.45. The van der Waals surface area contributed by atoms with Crippen molar-refractivity contribution in [1.82, 2.24) is 0 Å². The number of ether oxygens (including phenoxy) is 2. The minimum Gasteiger partial charge on any atom is -0.462 e. The molecule has 0 aromatic heterocycles. The lowest BCUT2D eigenvalue weighted by Crippen LogP contribution is -2.28. The van der Waals surface area contributed by atoms with Crippen LogP contribution in [-0.4, -0.2) is 36.4 Å². The third kappa shape index (κ3) is 43.4. The molecule has 1 N–H and O–H groups in total. The van der Waals surface area contributed by atoms with E-state index in [-0.39, 0.29) is 25.2 Å². The number of aliphatic hydroxyl groups is 1. The van der Waals surface area contributed by atoms with Crippen LogP contribution in [0.25, 0.3) is 0 Å². The SMILES string of the molecule is CCCCCCCC/C=C\CCCCCCCCCC(=O)OC(CO)COC(=O)CCCCCCCCCCCCCCCCCCCCCCCCC. The second-order valence-corrected chi connectivity index (χ2v) is 16.5. The van der Waals surface area contributed by atoms with Gasteiger partial charge in [-0.3, -0.25) is 9.59 Å². The minimum absolute atomic E-state index is 0.0608. The van der Waals surface area contributed by atoms with Crippen molar-refractivity contribution >= 4 is 11.9 Å². The third-order valence-electron chi connectivity index (χ3n) is 11.1. The van der Waals surface area contributed by atoms with Crippen LogP contribution in [0.15, 0.2) is 12.2 Å². The first-order valence-electron chi connectivity index (χ1n) is 24.2. The molecule has 0 bridgehead atoms. The third-order valence-corrected chi connectivity index (χ3v) is 11.1. The zero-order chi connectivity index (χ0) is 39.3. The van der Waals surface area contributed by atoms with Crippen molar-refractivity contribution in [3.63, 3.8) is 0 Å². The van der Waals surface area contributed by atoms with Crippen LogP contribution in [0.2, 0.25) is 0 Å². The van der Waals surface area contributed by atoms with E-state index in [0.29, 0.717) is 12.8 Å². The summed E-state index contributed by atoms with van der Waals surface area (Å²) >= 11 is 0. The Morgan fingerprint density at radius 1 is 0.407 bits per heavy atom. The summed E-state index contributed by atoms with van der Waals surface area (Å²) in [6.45, 7) is 4.17. The van der Waals surface area contributed by atoms with Crippen LogP contribution in [0.3, 0.4) is 0 Å². The van der Waals surface area contributed by atoms with Crippen LogP contribution in [0.5, 0.6) is 0 Å². The van der Waals surface area contributed by atoms with E-state index in [1.165, 1.54) is 212 Å². The van der Waals surface area contributed by atoms with Gasteiger partial charge >= 0.3 is 11.9 Å². The minimum atomic E-state index is -0.768. The summed E-state index contributed by atoms with van der Waals surface area (Å²) in [4.78, 5) is 24.4. The molecule has 5 nitrogen and oxygen atoms in total. The number of unbranched alkanes of at least 4 members (excludes halogenated alkanes) is 35. The highest BCUT2D eigenvalue weighted by Crippen LogP contribution is 2.16. The molecule has 0 spiro atoms. The van der Waals surface area contributed by atoms with Crippen LogP contribution < -0.4 is 0 Å². The smallest absolute Gasteiger partial charge is 0.306 e. The fourth-order valence-electron chi connectivity index (χ4n) is 7.38. The quantitative estimate of drug-likeness (QED) is 0.0380. The fourth-order valence-corrected chi connectivity index (χ4v) is 7.38. The Hall–Kier alpha value is -1.36. The maximum absolute atomic E-state index is 12.2. The van der Waals surface area contributed by atoms with Gasteiger partial charge in [-0.25, -0.2) is 0 Å². The van der Waals surface area contributed by atoms with E-state index >= 15 is 0 Å². The van der Waals surface area contributed by atoms with Gasteiger partial charge in [0, 0.05) is 12.8 Å². The molecule has 0 radical (unpaired) electrons. The Morgan fingerprint density at radius 3 is 1.00 bits per heavy atom. The molecule has 0 saturated carbocycles. The second-order valence-electron chi connectivity index (χ2n) is 16.5. The van der Waals surface area contributed by atoms with Crippen molar-refractivity contribution < 1.29 is 24.2 Å². The summed E-state index contributed by atoms with van der Waals surface area (Å²) in [6, 6.07) is 0. The lowest BCUT2D eigenvalue weighted by Gasteiger charge is -2.15. The summed E-state index contributed by atoms with van der Waals surface area (Å²) in [5.74, 6) is -0.579. The number of carbonyl (C=O) groups is 2. The Bertz CT molecular complexity index is 780. The van der Waals surface area contributed by atoms with Gasteiger partial charge < -0.3 is 14.6 Å². The molecule has 0 aliphatic rings.